The number of nitrogens with zero attached hydrogens (tertiary/aromatic N) is 1. The minimum atomic E-state index is -0.646. The van der Waals surface area contributed by atoms with Gasteiger partial charge < -0.3 is 14.1 Å². The summed E-state index contributed by atoms with van der Waals surface area (Å²) in [5.74, 6) is -0.716. The van der Waals surface area contributed by atoms with Crippen LogP contribution in [0.25, 0.3) is 11.0 Å². The molecule has 0 unspecified atom stereocenters. The van der Waals surface area contributed by atoms with Gasteiger partial charge in [-0.25, -0.2) is 4.79 Å². The van der Waals surface area contributed by atoms with E-state index in [1.54, 1.807) is 29.2 Å². The molecule has 0 bridgehead atoms. The molecule has 1 aliphatic heterocycles. The van der Waals surface area contributed by atoms with Crippen molar-refractivity contribution in [3.63, 3.8) is 0 Å². The highest BCUT2D eigenvalue weighted by molar-refractivity contribution is 5.99. The molecular weight excluding hydrogens is 442 g/mol. The molecule has 0 spiro atoms. The molecule has 1 aromatic heterocycles. The SMILES string of the molecule is COC(=O)c1ccc([C@@H]2c3c(oc4cc(C)c(C)cc4c3=O)C(=O)N2Cc2ccc(C)cc2)cc1. The van der Waals surface area contributed by atoms with Gasteiger partial charge in [-0.15, -0.1) is 0 Å². The molecule has 1 atom stereocenters. The molecule has 4 aromatic rings. The van der Waals surface area contributed by atoms with Gasteiger partial charge in [0.1, 0.15) is 5.58 Å². The van der Waals surface area contributed by atoms with Crippen LogP contribution in [-0.4, -0.2) is 23.9 Å². The van der Waals surface area contributed by atoms with Crippen LogP contribution < -0.4 is 5.43 Å². The molecule has 2 heterocycles. The number of hydrogen-bond acceptors (Lipinski definition) is 5. The van der Waals surface area contributed by atoms with Gasteiger partial charge in [-0.3, -0.25) is 9.59 Å². The summed E-state index contributed by atoms with van der Waals surface area (Å²) in [7, 11) is 1.32. The van der Waals surface area contributed by atoms with E-state index in [4.69, 9.17) is 9.15 Å². The predicted octanol–water partition coefficient (Wildman–Crippen LogP) is 5.25. The largest absolute Gasteiger partial charge is 0.465 e. The molecule has 0 N–H and O–H groups in total. The highest BCUT2D eigenvalue weighted by atomic mass is 16.5. The molecule has 6 nitrogen and oxygen atoms in total. The first-order chi connectivity index (χ1) is 16.8. The summed E-state index contributed by atoms with van der Waals surface area (Å²) in [6.45, 7) is 6.20. The van der Waals surface area contributed by atoms with E-state index in [1.165, 1.54) is 7.11 Å². The van der Waals surface area contributed by atoms with Gasteiger partial charge in [-0.1, -0.05) is 42.0 Å². The van der Waals surface area contributed by atoms with E-state index >= 15 is 0 Å². The van der Waals surface area contributed by atoms with Crippen molar-refractivity contribution < 1.29 is 18.7 Å². The van der Waals surface area contributed by atoms with Crippen molar-refractivity contribution in [3.8, 4) is 0 Å². The van der Waals surface area contributed by atoms with Crippen LogP contribution in [0, 0.1) is 20.8 Å². The minimum Gasteiger partial charge on any atom is -0.465 e. The van der Waals surface area contributed by atoms with E-state index in [9.17, 15) is 14.4 Å². The number of hydrogen-bond donors (Lipinski definition) is 0. The van der Waals surface area contributed by atoms with Gasteiger partial charge in [0.2, 0.25) is 5.76 Å². The van der Waals surface area contributed by atoms with Crippen molar-refractivity contribution in [2.75, 3.05) is 7.11 Å². The Bertz CT molecular complexity index is 1530. The van der Waals surface area contributed by atoms with E-state index in [0.717, 1.165) is 22.3 Å². The van der Waals surface area contributed by atoms with Crippen molar-refractivity contribution in [2.45, 2.75) is 33.4 Å². The number of aryl methyl sites for hydroxylation is 3. The quantitative estimate of drug-likeness (QED) is 0.383. The summed E-state index contributed by atoms with van der Waals surface area (Å²) in [6, 6.07) is 17.7. The van der Waals surface area contributed by atoms with Gasteiger partial charge in [0, 0.05) is 6.54 Å². The third kappa shape index (κ3) is 3.81. The van der Waals surface area contributed by atoms with E-state index < -0.39 is 12.0 Å². The lowest BCUT2D eigenvalue weighted by atomic mass is 9.96. The standard InChI is InChI=1S/C29H25NO5/c1-16-5-7-19(8-6-16)15-30-25(20-9-11-21(12-10-20)29(33)34-4)24-26(31)22-13-17(2)18(3)14-23(22)35-27(24)28(30)32/h5-14,25H,15H2,1-4H3/t25-/m1/s1. The Morgan fingerprint density at radius 3 is 2.26 bits per heavy atom. The average molecular weight is 468 g/mol. The number of methoxy groups -OCH3 is 1. The third-order valence-corrected chi connectivity index (χ3v) is 6.70. The average Bonchev–Trinajstić information content (AvgIpc) is 3.13. The summed E-state index contributed by atoms with van der Waals surface area (Å²) in [6.07, 6.45) is 0. The Labute approximate surface area is 202 Å². The molecule has 0 aliphatic carbocycles. The summed E-state index contributed by atoms with van der Waals surface area (Å²) < 4.78 is 10.9. The molecule has 5 rings (SSSR count). The van der Waals surface area contributed by atoms with Crippen molar-refractivity contribution in [1.29, 1.82) is 0 Å². The van der Waals surface area contributed by atoms with Crippen LogP contribution in [0.2, 0.25) is 0 Å². The summed E-state index contributed by atoms with van der Waals surface area (Å²) in [4.78, 5) is 41.0. The zero-order valence-electron chi connectivity index (χ0n) is 20.0. The summed E-state index contributed by atoms with van der Waals surface area (Å²) >= 11 is 0. The van der Waals surface area contributed by atoms with Crippen molar-refractivity contribution in [1.82, 2.24) is 4.90 Å². The zero-order valence-corrected chi connectivity index (χ0v) is 20.0. The Balaban J connectivity index is 1.70. The second kappa shape index (κ2) is 8.55. The summed E-state index contributed by atoms with van der Waals surface area (Å²) in [5.41, 5.74) is 5.64. The van der Waals surface area contributed by atoms with Crippen LogP contribution in [0.3, 0.4) is 0 Å². The van der Waals surface area contributed by atoms with Gasteiger partial charge >= 0.3 is 5.97 Å². The zero-order chi connectivity index (χ0) is 24.9. The van der Waals surface area contributed by atoms with Gasteiger partial charge in [0.25, 0.3) is 5.91 Å². The molecule has 0 radical (unpaired) electrons. The highest BCUT2D eigenvalue weighted by Crippen LogP contribution is 2.39. The fourth-order valence-corrected chi connectivity index (χ4v) is 4.59. The lowest BCUT2D eigenvalue weighted by molar-refractivity contribution is 0.0599. The van der Waals surface area contributed by atoms with Gasteiger partial charge in [-0.05, 0) is 67.3 Å². The van der Waals surface area contributed by atoms with Gasteiger partial charge in [-0.2, -0.15) is 0 Å². The maximum absolute atomic E-state index is 13.8. The second-order valence-corrected chi connectivity index (χ2v) is 9.04. The molecule has 3 aromatic carbocycles. The van der Waals surface area contributed by atoms with Crippen LogP contribution in [0.4, 0.5) is 0 Å². The molecule has 176 valence electrons. The Kier molecular flexibility index (Phi) is 5.52. The molecular formula is C29H25NO5. The van der Waals surface area contributed by atoms with Crippen molar-refractivity contribution in [2.24, 2.45) is 0 Å². The fourth-order valence-electron chi connectivity index (χ4n) is 4.59. The minimum absolute atomic E-state index is 0.0694. The lowest BCUT2D eigenvalue weighted by Gasteiger charge is -2.25. The summed E-state index contributed by atoms with van der Waals surface area (Å²) in [5, 5.41) is 0.452. The molecule has 0 fully saturated rings. The molecule has 6 heteroatoms. The number of rotatable bonds is 4. The van der Waals surface area contributed by atoms with Crippen LogP contribution in [0.5, 0.6) is 0 Å². The number of benzene rings is 3. The third-order valence-electron chi connectivity index (χ3n) is 6.70. The van der Waals surface area contributed by atoms with E-state index in [-0.39, 0.29) is 17.1 Å². The first kappa shape index (κ1) is 22.6. The van der Waals surface area contributed by atoms with E-state index in [2.05, 4.69) is 0 Å². The first-order valence-electron chi connectivity index (χ1n) is 11.4. The molecule has 0 saturated carbocycles. The van der Waals surface area contributed by atoms with Crippen molar-refractivity contribution >= 4 is 22.8 Å². The molecule has 1 amide bonds. The molecule has 1 aliphatic rings. The number of carbonyl (C=O) groups excluding carboxylic acids is 2. The Morgan fingerprint density at radius 2 is 1.60 bits per heavy atom. The van der Waals surface area contributed by atoms with Crippen LogP contribution in [0.15, 0.2) is 69.9 Å². The Hall–Kier alpha value is -4.19. The maximum atomic E-state index is 13.8. The molecule has 35 heavy (non-hydrogen) atoms. The number of ether oxygens (including phenoxy) is 1. The van der Waals surface area contributed by atoms with Gasteiger partial charge in [0.05, 0.1) is 29.7 Å². The fraction of sp³-hybridized carbons (Fsp3) is 0.207. The number of fused-ring (bicyclic) bond motifs is 2. The number of esters is 1. The van der Waals surface area contributed by atoms with Gasteiger partial charge in [0.15, 0.2) is 5.43 Å². The number of carbonyl (C=O) groups is 2. The van der Waals surface area contributed by atoms with E-state index in [0.29, 0.717) is 34.2 Å². The Morgan fingerprint density at radius 1 is 0.943 bits per heavy atom. The normalized spacial score (nSPS) is 14.9. The van der Waals surface area contributed by atoms with Crippen molar-refractivity contribution in [3.05, 3.63) is 116 Å². The first-order valence-corrected chi connectivity index (χ1v) is 11.4. The molecule has 0 saturated heterocycles. The highest BCUT2D eigenvalue weighted by Gasteiger charge is 2.42. The van der Waals surface area contributed by atoms with Crippen LogP contribution in [0.1, 0.15) is 60.3 Å². The monoisotopic (exact) mass is 467 g/mol. The smallest absolute Gasteiger partial charge is 0.337 e. The lowest BCUT2D eigenvalue weighted by Crippen LogP contribution is -2.29. The topological polar surface area (TPSA) is 76.8 Å². The number of amides is 1. The van der Waals surface area contributed by atoms with Crippen LogP contribution in [-0.2, 0) is 11.3 Å². The maximum Gasteiger partial charge on any atom is 0.337 e. The second-order valence-electron chi connectivity index (χ2n) is 9.04. The predicted molar refractivity (Wildman–Crippen MR) is 133 cm³/mol. The van der Waals surface area contributed by atoms with Crippen LogP contribution >= 0.6 is 0 Å². The van der Waals surface area contributed by atoms with E-state index in [1.807, 2.05) is 57.2 Å².